The van der Waals surface area contributed by atoms with Gasteiger partial charge in [-0.3, -0.25) is 0 Å². The molecule has 1 atom stereocenters. The number of aliphatic hydroxyl groups excluding tert-OH is 1. The van der Waals surface area contributed by atoms with Gasteiger partial charge < -0.3 is 5.11 Å². The summed E-state index contributed by atoms with van der Waals surface area (Å²) in [4.78, 5) is 2.34. The first-order chi connectivity index (χ1) is 8.80. The van der Waals surface area contributed by atoms with Crippen molar-refractivity contribution >= 4 is 11.3 Å². The average molecular weight is 274 g/mol. The van der Waals surface area contributed by atoms with Crippen molar-refractivity contribution in [3.63, 3.8) is 0 Å². The number of benzene rings is 1. The fourth-order valence-electron chi connectivity index (χ4n) is 2.13. The van der Waals surface area contributed by atoms with Crippen molar-refractivity contribution in [3.05, 3.63) is 56.8 Å². The first-order valence-electron chi connectivity index (χ1n) is 6.65. The Balaban J connectivity index is 2.37. The van der Waals surface area contributed by atoms with Crippen LogP contribution in [0.2, 0.25) is 0 Å². The van der Waals surface area contributed by atoms with E-state index in [4.69, 9.17) is 0 Å². The molecule has 1 N–H and O–H groups in total. The Bertz CT molecular complexity index is 575. The maximum absolute atomic E-state index is 10.6. The van der Waals surface area contributed by atoms with Crippen molar-refractivity contribution < 1.29 is 5.11 Å². The van der Waals surface area contributed by atoms with E-state index in [2.05, 4.69) is 52.8 Å². The van der Waals surface area contributed by atoms with Gasteiger partial charge in [0, 0.05) is 9.75 Å². The number of aryl methyl sites for hydroxylation is 1. The fraction of sp³-hybridized carbons (Fsp3) is 0.412. The van der Waals surface area contributed by atoms with Crippen molar-refractivity contribution in [2.75, 3.05) is 0 Å². The third-order valence-corrected chi connectivity index (χ3v) is 5.14. The molecule has 0 fully saturated rings. The van der Waals surface area contributed by atoms with Gasteiger partial charge >= 0.3 is 0 Å². The molecule has 2 heteroatoms. The van der Waals surface area contributed by atoms with Gasteiger partial charge in [-0.05, 0) is 48.1 Å². The predicted molar refractivity (Wildman–Crippen MR) is 83.0 cm³/mol. The summed E-state index contributed by atoms with van der Waals surface area (Å²) < 4.78 is 0. The van der Waals surface area contributed by atoms with E-state index in [1.54, 1.807) is 11.3 Å². The molecule has 0 amide bonds. The Morgan fingerprint density at radius 3 is 2.32 bits per heavy atom. The minimum Gasteiger partial charge on any atom is -0.383 e. The zero-order valence-corrected chi connectivity index (χ0v) is 13.1. The maximum Gasteiger partial charge on any atom is 0.113 e. The topological polar surface area (TPSA) is 20.2 Å². The second kappa shape index (κ2) is 5.10. The van der Waals surface area contributed by atoms with E-state index in [9.17, 15) is 5.11 Å². The molecule has 0 aliphatic carbocycles. The summed E-state index contributed by atoms with van der Waals surface area (Å²) in [5.41, 5.74) is 3.57. The molecule has 1 nitrogen and oxygen atoms in total. The Kier molecular flexibility index (Phi) is 3.84. The Labute approximate surface area is 119 Å². The quantitative estimate of drug-likeness (QED) is 0.838. The van der Waals surface area contributed by atoms with Gasteiger partial charge in [0.1, 0.15) is 6.10 Å². The van der Waals surface area contributed by atoms with Crippen LogP contribution in [0.25, 0.3) is 0 Å². The smallest absolute Gasteiger partial charge is 0.113 e. The monoisotopic (exact) mass is 274 g/mol. The lowest BCUT2D eigenvalue weighted by Crippen LogP contribution is -2.08. The van der Waals surface area contributed by atoms with Crippen LogP contribution < -0.4 is 0 Å². The Hall–Kier alpha value is -1.12. The molecule has 0 aliphatic rings. The SMILES string of the molecule is Cc1cccc(C(O)c2ccc(C(C)(C)C)s2)c1C. The first-order valence-corrected chi connectivity index (χ1v) is 7.46. The highest BCUT2D eigenvalue weighted by atomic mass is 32.1. The van der Waals surface area contributed by atoms with Crippen molar-refractivity contribution in [2.45, 2.75) is 46.1 Å². The molecule has 0 saturated carbocycles. The number of hydrogen-bond acceptors (Lipinski definition) is 2. The summed E-state index contributed by atoms with van der Waals surface area (Å²) in [6.07, 6.45) is -0.513. The molecule has 0 saturated heterocycles. The second-order valence-electron chi connectivity index (χ2n) is 6.14. The van der Waals surface area contributed by atoms with Crippen LogP contribution in [0.4, 0.5) is 0 Å². The van der Waals surface area contributed by atoms with Crippen LogP contribution in [0.1, 0.15) is 53.3 Å². The minimum atomic E-state index is -0.513. The summed E-state index contributed by atoms with van der Waals surface area (Å²) >= 11 is 1.71. The highest BCUT2D eigenvalue weighted by molar-refractivity contribution is 7.12. The van der Waals surface area contributed by atoms with E-state index in [1.807, 2.05) is 12.1 Å². The van der Waals surface area contributed by atoms with E-state index in [0.29, 0.717) is 0 Å². The molecule has 0 aliphatic heterocycles. The van der Waals surface area contributed by atoms with Gasteiger partial charge in [0.15, 0.2) is 0 Å². The van der Waals surface area contributed by atoms with Crippen LogP contribution in [0.15, 0.2) is 30.3 Å². The van der Waals surface area contributed by atoms with Crippen molar-refractivity contribution in [2.24, 2.45) is 0 Å². The maximum atomic E-state index is 10.6. The Morgan fingerprint density at radius 1 is 1.05 bits per heavy atom. The molecular formula is C17H22OS. The van der Waals surface area contributed by atoms with Gasteiger partial charge in [0.05, 0.1) is 0 Å². The van der Waals surface area contributed by atoms with E-state index in [-0.39, 0.29) is 5.41 Å². The van der Waals surface area contributed by atoms with Gasteiger partial charge in [-0.25, -0.2) is 0 Å². The molecule has 0 spiro atoms. The molecule has 1 aromatic heterocycles. The molecule has 0 bridgehead atoms. The van der Waals surface area contributed by atoms with E-state index in [1.165, 1.54) is 16.0 Å². The van der Waals surface area contributed by atoms with Crippen molar-refractivity contribution in [1.29, 1.82) is 0 Å². The number of aliphatic hydroxyl groups is 1. The lowest BCUT2D eigenvalue weighted by atomic mass is 9.95. The summed E-state index contributed by atoms with van der Waals surface area (Å²) in [5, 5.41) is 10.6. The third kappa shape index (κ3) is 2.90. The average Bonchev–Trinajstić information content (AvgIpc) is 2.81. The van der Waals surface area contributed by atoms with Gasteiger partial charge in [0.25, 0.3) is 0 Å². The molecule has 19 heavy (non-hydrogen) atoms. The third-order valence-electron chi connectivity index (χ3n) is 3.58. The number of hydrogen-bond donors (Lipinski definition) is 1. The van der Waals surface area contributed by atoms with E-state index in [0.717, 1.165) is 10.4 Å². The van der Waals surface area contributed by atoms with Gasteiger partial charge in [-0.15, -0.1) is 11.3 Å². The predicted octanol–water partition coefficient (Wildman–Crippen LogP) is 4.74. The minimum absolute atomic E-state index is 0.143. The van der Waals surface area contributed by atoms with Crippen LogP contribution in [0.3, 0.4) is 0 Å². The molecule has 2 aromatic rings. The summed E-state index contributed by atoms with van der Waals surface area (Å²) in [7, 11) is 0. The van der Waals surface area contributed by atoms with E-state index >= 15 is 0 Å². The molecular weight excluding hydrogens is 252 g/mol. The first kappa shape index (κ1) is 14.3. The lowest BCUT2D eigenvalue weighted by molar-refractivity contribution is 0.223. The largest absolute Gasteiger partial charge is 0.383 e. The number of rotatable bonds is 2. The zero-order valence-electron chi connectivity index (χ0n) is 12.3. The number of thiophene rings is 1. The second-order valence-corrected chi connectivity index (χ2v) is 7.26. The van der Waals surface area contributed by atoms with Crippen LogP contribution in [-0.4, -0.2) is 5.11 Å². The lowest BCUT2D eigenvalue weighted by Gasteiger charge is -2.16. The normalized spacial score (nSPS) is 13.6. The van der Waals surface area contributed by atoms with Crippen LogP contribution in [-0.2, 0) is 5.41 Å². The van der Waals surface area contributed by atoms with Gasteiger partial charge in [0.2, 0.25) is 0 Å². The van der Waals surface area contributed by atoms with Gasteiger partial charge in [-0.1, -0.05) is 39.0 Å². The molecule has 1 aromatic carbocycles. The molecule has 0 radical (unpaired) electrons. The Morgan fingerprint density at radius 2 is 1.74 bits per heavy atom. The highest BCUT2D eigenvalue weighted by Crippen LogP contribution is 2.35. The van der Waals surface area contributed by atoms with Crippen LogP contribution in [0.5, 0.6) is 0 Å². The van der Waals surface area contributed by atoms with Crippen LogP contribution >= 0.6 is 11.3 Å². The zero-order chi connectivity index (χ0) is 14.2. The molecule has 2 rings (SSSR count). The van der Waals surface area contributed by atoms with Crippen molar-refractivity contribution in [3.8, 4) is 0 Å². The summed E-state index contributed by atoms with van der Waals surface area (Å²) in [5.74, 6) is 0. The summed E-state index contributed by atoms with van der Waals surface area (Å²) in [6.45, 7) is 10.8. The molecule has 1 heterocycles. The fourth-order valence-corrected chi connectivity index (χ4v) is 3.20. The van der Waals surface area contributed by atoms with E-state index < -0.39 is 6.10 Å². The molecule has 1 unspecified atom stereocenters. The standard InChI is InChI=1S/C17H22OS/c1-11-7-6-8-13(12(11)2)16(18)14-9-10-15(19-14)17(3,4)5/h6-10,16,18H,1-5H3. The van der Waals surface area contributed by atoms with Crippen LogP contribution in [0, 0.1) is 13.8 Å². The van der Waals surface area contributed by atoms with Crippen molar-refractivity contribution in [1.82, 2.24) is 0 Å². The van der Waals surface area contributed by atoms with Gasteiger partial charge in [-0.2, -0.15) is 0 Å². The molecule has 102 valence electrons. The summed E-state index contributed by atoms with van der Waals surface area (Å²) in [6, 6.07) is 10.3. The highest BCUT2D eigenvalue weighted by Gasteiger charge is 2.20.